The number of rotatable bonds is 4. The van der Waals surface area contributed by atoms with Crippen LogP contribution in [0.3, 0.4) is 0 Å². The first kappa shape index (κ1) is 18.4. The number of carbonyl (C=O) groups excluding carboxylic acids is 1. The fourth-order valence-corrected chi connectivity index (χ4v) is 5.08. The Kier molecular flexibility index (Phi) is 5.45. The van der Waals surface area contributed by atoms with Gasteiger partial charge in [0, 0.05) is 26.1 Å². The Balaban J connectivity index is 1.35. The van der Waals surface area contributed by atoms with E-state index in [1.165, 1.54) is 11.3 Å². The van der Waals surface area contributed by atoms with Crippen LogP contribution < -0.4 is 5.69 Å². The third-order valence-electron chi connectivity index (χ3n) is 5.84. The fourth-order valence-electron chi connectivity index (χ4n) is 4.33. The number of amides is 1. The van der Waals surface area contributed by atoms with Gasteiger partial charge in [-0.25, -0.2) is 14.5 Å². The Labute approximate surface area is 163 Å². The molecule has 1 atom stereocenters. The summed E-state index contributed by atoms with van der Waals surface area (Å²) in [6.45, 7) is 3.62. The number of nitrogens with zero attached hydrogens (tertiary/aromatic N) is 4. The van der Waals surface area contributed by atoms with Gasteiger partial charge in [0.1, 0.15) is 10.8 Å². The van der Waals surface area contributed by atoms with Gasteiger partial charge in [-0.15, -0.1) is 11.3 Å². The van der Waals surface area contributed by atoms with Gasteiger partial charge >= 0.3 is 5.69 Å². The summed E-state index contributed by atoms with van der Waals surface area (Å²) in [4.78, 5) is 29.2. The molecule has 2 fully saturated rings. The molecule has 2 aromatic rings. The third kappa shape index (κ3) is 4.01. The molecule has 0 bridgehead atoms. The minimum Gasteiger partial charge on any atom is -0.342 e. The molecule has 2 aromatic heterocycles. The Morgan fingerprint density at radius 1 is 1.30 bits per heavy atom. The molecule has 8 heteroatoms. The highest BCUT2D eigenvalue weighted by Crippen LogP contribution is 2.25. The molecule has 4 rings (SSSR count). The van der Waals surface area contributed by atoms with Gasteiger partial charge in [0.2, 0.25) is 5.91 Å². The summed E-state index contributed by atoms with van der Waals surface area (Å²) in [5, 5.41) is 9.70. The van der Waals surface area contributed by atoms with E-state index in [2.05, 4.69) is 27.0 Å². The standard InChI is InChI=1S/C19H27N5O2S/c1-22-8-2-4-15(13-22)18(25)23-9-6-14(7-10-23)12-16-20-21-19(26)24(16)17-5-3-11-27-17/h3,5,11,14-15H,2,4,6-10,12-13H2,1H3,(H,21,26). The molecule has 0 aromatic carbocycles. The van der Waals surface area contributed by atoms with Crippen molar-refractivity contribution in [1.29, 1.82) is 0 Å². The minimum atomic E-state index is -0.179. The van der Waals surface area contributed by atoms with Gasteiger partial charge < -0.3 is 9.80 Å². The Hall–Kier alpha value is -1.93. The molecule has 0 radical (unpaired) electrons. The number of piperidine rings is 2. The second-order valence-corrected chi connectivity index (χ2v) is 8.73. The molecular formula is C19H27N5O2S. The summed E-state index contributed by atoms with van der Waals surface area (Å²) >= 11 is 1.54. The smallest absolute Gasteiger partial charge is 0.342 e. The molecule has 1 amide bonds. The maximum atomic E-state index is 12.8. The lowest BCUT2D eigenvalue weighted by Crippen LogP contribution is -2.46. The highest BCUT2D eigenvalue weighted by Gasteiger charge is 2.31. The number of thiophene rings is 1. The van der Waals surface area contributed by atoms with Crippen LogP contribution in [0.15, 0.2) is 22.3 Å². The van der Waals surface area contributed by atoms with Crippen LogP contribution in [-0.4, -0.2) is 63.7 Å². The van der Waals surface area contributed by atoms with Crippen LogP contribution in [-0.2, 0) is 11.2 Å². The van der Waals surface area contributed by atoms with Crippen molar-refractivity contribution in [3.8, 4) is 5.00 Å². The first-order chi connectivity index (χ1) is 13.1. The van der Waals surface area contributed by atoms with Crippen molar-refractivity contribution in [3.05, 3.63) is 33.8 Å². The van der Waals surface area contributed by atoms with Gasteiger partial charge in [0.15, 0.2) is 0 Å². The van der Waals surface area contributed by atoms with Gasteiger partial charge in [-0.2, -0.15) is 5.10 Å². The number of aromatic amines is 1. The Morgan fingerprint density at radius 3 is 2.81 bits per heavy atom. The van der Waals surface area contributed by atoms with Crippen LogP contribution in [0.1, 0.15) is 31.5 Å². The van der Waals surface area contributed by atoms with Crippen molar-refractivity contribution in [3.63, 3.8) is 0 Å². The summed E-state index contributed by atoms with van der Waals surface area (Å²) in [5.74, 6) is 1.74. The SMILES string of the molecule is CN1CCCC(C(=O)N2CCC(Cc3n[nH]c(=O)n3-c3cccs3)CC2)C1. The first-order valence-electron chi connectivity index (χ1n) is 9.79. The maximum Gasteiger partial charge on any atom is 0.348 e. The van der Waals surface area contributed by atoms with Crippen molar-refractivity contribution in [2.45, 2.75) is 32.1 Å². The first-order valence-corrected chi connectivity index (χ1v) is 10.7. The van der Waals surface area contributed by atoms with Gasteiger partial charge in [-0.1, -0.05) is 0 Å². The molecule has 2 aliphatic rings. The van der Waals surface area contributed by atoms with Gasteiger partial charge in [0.25, 0.3) is 0 Å². The van der Waals surface area contributed by atoms with Crippen LogP contribution in [0.5, 0.6) is 0 Å². The molecule has 2 aliphatic heterocycles. The average molecular weight is 390 g/mol. The van der Waals surface area contributed by atoms with Gasteiger partial charge in [-0.05, 0) is 62.7 Å². The van der Waals surface area contributed by atoms with Crippen molar-refractivity contribution in [2.24, 2.45) is 11.8 Å². The number of aromatic nitrogens is 3. The van der Waals surface area contributed by atoms with E-state index in [9.17, 15) is 9.59 Å². The highest BCUT2D eigenvalue weighted by atomic mass is 32.1. The van der Waals surface area contributed by atoms with Crippen molar-refractivity contribution in [1.82, 2.24) is 24.6 Å². The molecule has 0 spiro atoms. The summed E-state index contributed by atoms with van der Waals surface area (Å²) in [6, 6.07) is 3.88. The zero-order valence-corrected chi connectivity index (χ0v) is 16.6. The molecule has 27 heavy (non-hydrogen) atoms. The van der Waals surface area contributed by atoms with Gasteiger partial charge in [-0.3, -0.25) is 4.79 Å². The molecule has 0 aliphatic carbocycles. The lowest BCUT2D eigenvalue weighted by atomic mass is 9.91. The number of hydrogen-bond donors (Lipinski definition) is 1. The average Bonchev–Trinajstić information content (AvgIpc) is 3.31. The predicted molar refractivity (Wildman–Crippen MR) is 105 cm³/mol. The van der Waals surface area contributed by atoms with E-state index in [0.717, 1.165) is 69.1 Å². The minimum absolute atomic E-state index is 0.163. The van der Waals surface area contributed by atoms with Crippen LogP contribution >= 0.6 is 11.3 Å². The fraction of sp³-hybridized carbons (Fsp3) is 0.632. The van der Waals surface area contributed by atoms with Crippen molar-refractivity contribution in [2.75, 3.05) is 33.2 Å². The van der Waals surface area contributed by atoms with E-state index in [-0.39, 0.29) is 11.6 Å². The molecular weight excluding hydrogens is 362 g/mol. The molecule has 4 heterocycles. The van der Waals surface area contributed by atoms with Crippen molar-refractivity contribution >= 4 is 17.2 Å². The van der Waals surface area contributed by atoms with Crippen LogP contribution in [0.25, 0.3) is 5.00 Å². The van der Waals surface area contributed by atoms with E-state index in [1.54, 1.807) is 4.57 Å². The number of hydrogen-bond acceptors (Lipinski definition) is 5. The monoisotopic (exact) mass is 389 g/mol. The molecule has 1 N–H and O–H groups in total. The lowest BCUT2D eigenvalue weighted by Gasteiger charge is -2.36. The maximum absolute atomic E-state index is 12.8. The molecule has 0 saturated carbocycles. The summed E-state index contributed by atoms with van der Waals surface area (Å²) in [5.41, 5.74) is -0.179. The quantitative estimate of drug-likeness (QED) is 0.864. The number of carbonyl (C=O) groups is 1. The Bertz CT molecular complexity index is 820. The van der Waals surface area contributed by atoms with Crippen LogP contribution in [0.2, 0.25) is 0 Å². The second kappa shape index (κ2) is 7.98. The van der Waals surface area contributed by atoms with Crippen LogP contribution in [0.4, 0.5) is 0 Å². The summed E-state index contributed by atoms with van der Waals surface area (Å²) < 4.78 is 1.68. The topological polar surface area (TPSA) is 74.2 Å². The third-order valence-corrected chi connectivity index (χ3v) is 6.69. The highest BCUT2D eigenvalue weighted by molar-refractivity contribution is 7.12. The summed E-state index contributed by atoms with van der Waals surface area (Å²) in [6.07, 6.45) is 4.84. The van der Waals surface area contributed by atoms with E-state index >= 15 is 0 Å². The lowest BCUT2D eigenvalue weighted by molar-refractivity contribution is -0.138. The van der Waals surface area contributed by atoms with Crippen molar-refractivity contribution < 1.29 is 4.79 Å². The molecule has 7 nitrogen and oxygen atoms in total. The molecule has 146 valence electrons. The van der Waals surface area contributed by atoms with E-state index in [1.807, 2.05) is 17.5 Å². The van der Waals surface area contributed by atoms with E-state index in [0.29, 0.717) is 11.8 Å². The largest absolute Gasteiger partial charge is 0.348 e. The van der Waals surface area contributed by atoms with Gasteiger partial charge in [0.05, 0.1) is 5.92 Å². The zero-order chi connectivity index (χ0) is 18.8. The zero-order valence-electron chi connectivity index (χ0n) is 15.8. The molecule has 1 unspecified atom stereocenters. The van der Waals surface area contributed by atoms with Crippen LogP contribution in [0, 0.1) is 11.8 Å². The van der Waals surface area contributed by atoms with E-state index < -0.39 is 0 Å². The normalized spacial score (nSPS) is 22.3. The number of nitrogens with one attached hydrogen (secondary N) is 1. The summed E-state index contributed by atoms with van der Waals surface area (Å²) in [7, 11) is 2.10. The molecule has 2 saturated heterocycles. The predicted octanol–water partition coefficient (Wildman–Crippen LogP) is 1.74. The number of likely N-dealkylation sites (tertiary alicyclic amines) is 2. The second-order valence-electron chi connectivity index (χ2n) is 7.81. The van der Waals surface area contributed by atoms with E-state index in [4.69, 9.17) is 0 Å². The Morgan fingerprint density at radius 2 is 2.11 bits per heavy atom. The number of H-pyrrole nitrogens is 1.